The van der Waals surface area contributed by atoms with Crippen LogP contribution in [0, 0.1) is 0 Å². The van der Waals surface area contributed by atoms with Crippen LogP contribution in [-0.2, 0) is 6.42 Å². The first-order valence-electron chi connectivity index (χ1n) is 8.77. The Hall–Kier alpha value is -1.79. The SMILES string of the molecule is CC(CN1CCCCC1)c1nnc2sc(Cc3ccccc3)nn12. The van der Waals surface area contributed by atoms with Crippen molar-refractivity contribution in [2.75, 3.05) is 19.6 Å². The van der Waals surface area contributed by atoms with Crippen molar-refractivity contribution >= 4 is 16.3 Å². The fourth-order valence-electron chi connectivity index (χ4n) is 3.43. The molecule has 0 saturated carbocycles. The van der Waals surface area contributed by atoms with Crippen LogP contribution in [0.25, 0.3) is 4.96 Å². The van der Waals surface area contributed by atoms with Crippen LogP contribution >= 0.6 is 11.3 Å². The molecule has 2 aromatic heterocycles. The molecule has 126 valence electrons. The van der Waals surface area contributed by atoms with Crippen LogP contribution in [0.5, 0.6) is 0 Å². The van der Waals surface area contributed by atoms with Crippen LogP contribution in [0.4, 0.5) is 0 Å². The van der Waals surface area contributed by atoms with E-state index in [1.54, 1.807) is 11.3 Å². The third kappa shape index (κ3) is 3.35. The zero-order chi connectivity index (χ0) is 16.4. The summed E-state index contributed by atoms with van der Waals surface area (Å²) in [6.07, 6.45) is 4.86. The maximum absolute atomic E-state index is 4.77. The molecule has 3 heterocycles. The minimum absolute atomic E-state index is 0.352. The second kappa shape index (κ2) is 6.99. The fraction of sp³-hybridized carbons (Fsp3) is 0.500. The minimum Gasteiger partial charge on any atom is -0.303 e. The molecule has 1 fully saturated rings. The summed E-state index contributed by atoms with van der Waals surface area (Å²) in [5, 5.41) is 14.6. The van der Waals surface area contributed by atoms with Gasteiger partial charge in [0.25, 0.3) is 0 Å². The summed E-state index contributed by atoms with van der Waals surface area (Å²) in [7, 11) is 0. The molecule has 1 aliphatic rings. The Morgan fingerprint density at radius 1 is 1.08 bits per heavy atom. The van der Waals surface area contributed by atoms with Crippen LogP contribution < -0.4 is 0 Å². The Kier molecular flexibility index (Phi) is 4.58. The molecule has 0 bridgehead atoms. The van der Waals surface area contributed by atoms with E-state index in [4.69, 9.17) is 5.10 Å². The zero-order valence-electron chi connectivity index (χ0n) is 14.1. The number of hydrogen-bond acceptors (Lipinski definition) is 5. The highest BCUT2D eigenvalue weighted by Crippen LogP contribution is 2.22. The largest absolute Gasteiger partial charge is 0.303 e. The third-order valence-corrected chi connectivity index (χ3v) is 5.58. The van der Waals surface area contributed by atoms with Gasteiger partial charge < -0.3 is 4.90 Å². The number of aromatic nitrogens is 4. The van der Waals surface area contributed by atoms with Gasteiger partial charge in [-0.05, 0) is 31.5 Å². The maximum atomic E-state index is 4.77. The first-order chi connectivity index (χ1) is 11.8. The van der Waals surface area contributed by atoms with Crippen molar-refractivity contribution in [1.82, 2.24) is 24.7 Å². The second-order valence-electron chi connectivity index (χ2n) is 6.67. The highest BCUT2D eigenvalue weighted by Gasteiger charge is 2.20. The van der Waals surface area contributed by atoms with Gasteiger partial charge in [0, 0.05) is 18.9 Å². The summed E-state index contributed by atoms with van der Waals surface area (Å²) >= 11 is 1.64. The molecule has 6 heteroatoms. The Morgan fingerprint density at radius 2 is 1.88 bits per heavy atom. The summed E-state index contributed by atoms with van der Waals surface area (Å²) in [5.41, 5.74) is 1.28. The van der Waals surface area contributed by atoms with Crippen LogP contribution in [0.15, 0.2) is 30.3 Å². The lowest BCUT2D eigenvalue weighted by atomic mass is 10.1. The number of nitrogens with zero attached hydrogens (tertiary/aromatic N) is 5. The van der Waals surface area contributed by atoms with Crippen molar-refractivity contribution in [1.29, 1.82) is 0 Å². The predicted octanol–water partition coefficient (Wildman–Crippen LogP) is 3.37. The van der Waals surface area contributed by atoms with Crippen LogP contribution in [0.3, 0.4) is 0 Å². The van der Waals surface area contributed by atoms with E-state index in [1.165, 1.54) is 37.9 Å². The summed E-state index contributed by atoms with van der Waals surface area (Å²) in [6.45, 7) is 5.71. The van der Waals surface area contributed by atoms with Crippen LogP contribution in [-0.4, -0.2) is 44.3 Å². The molecule has 1 unspecified atom stereocenters. The molecular formula is C18H23N5S. The summed E-state index contributed by atoms with van der Waals surface area (Å²) in [6, 6.07) is 10.5. The summed E-state index contributed by atoms with van der Waals surface area (Å²) < 4.78 is 1.96. The lowest BCUT2D eigenvalue weighted by molar-refractivity contribution is 0.216. The van der Waals surface area contributed by atoms with Gasteiger partial charge >= 0.3 is 0 Å². The predicted molar refractivity (Wildman–Crippen MR) is 96.6 cm³/mol. The van der Waals surface area contributed by atoms with Gasteiger partial charge in [-0.15, -0.1) is 10.2 Å². The maximum Gasteiger partial charge on any atom is 0.234 e. The van der Waals surface area contributed by atoms with E-state index in [0.29, 0.717) is 5.92 Å². The number of hydrogen-bond donors (Lipinski definition) is 0. The molecule has 1 aromatic carbocycles. The molecule has 3 aromatic rings. The van der Waals surface area contributed by atoms with Crippen LogP contribution in [0.1, 0.15) is 48.5 Å². The number of fused-ring (bicyclic) bond motifs is 1. The quantitative estimate of drug-likeness (QED) is 0.714. The molecule has 0 spiro atoms. The van der Waals surface area contributed by atoms with Gasteiger partial charge in [-0.1, -0.05) is 55.0 Å². The number of rotatable bonds is 5. The van der Waals surface area contributed by atoms with Gasteiger partial charge in [-0.25, -0.2) is 0 Å². The van der Waals surface area contributed by atoms with Gasteiger partial charge in [0.05, 0.1) is 0 Å². The lowest BCUT2D eigenvalue weighted by Crippen LogP contribution is -2.33. The highest BCUT2D eigenvalue weighted by atomic mass is 32.1. The van der Waals surface area contributed by atoms with Gasteiger partial charge in [-0.2, -0.15) is 9.61 Å². The number of benzene rings is 1. The van der Waals surface area contributed by atoms with Gasteiger partial charge in [0.1, 0.15) is 5.01 Å². The monoisotopic (exact) mass is 341 g/mol. The van der Waals surface area contributed by atoms with E-state index in [1.807, 2.05) is 10.6 Å². The van der Waals surface area contributed by atoms with Crippen molar-refractivity contribution in [3.8, 4) is 0 Å². The average Bonchev–Trinajstić information content (AvgIpc) is 3.16. The van der Waals surface area contributed by atoms with E-state index in [9.17, 15) is 0 Å². The molecule has 1 aliphatic heterocycles. The normalized spacial score (nSPS) is 17.4. The molecule has 1 saturated heterocycles. The topological polar surface area (TPSA) is 46.3 Å². The molecule has 4 rings (SSSR count). The number of piperidine rings is 1. The molecule has 24 heavy (non-hydrogen) atoms. The van der Waals surface area contributed by atoms with Gasteiger partial charge in [-0.3, -0.25) is 0 Å². The minimum atomic E-state index is 0.352. The molecule has 1 atom stereocenters. The van der Waals surface area contributed by atoms with Crippen molar-refractivity contribution in [3.63, 3.8) is 0 Å². The van der Waals surface area contributed by atoms with Gasteiger partial charge in [0.2, 0.25) is 4.96 Å². The van der Waals surface area contributed by atoms with Crippen molar-refractivity contribution in [2.45, 2.75) is 38.5 Å². The third-order valence-electron chi connectivity index (χ3n) is 4.68. The zero-order valence-corrected chi connectivity index (χ0v) is 14.9. The Labute approximate surface area is 146 Å². The van der Waals surface area contributed by atoms with Gasteiger partial charge in [0.15, 0.2) is 5.82 Å². The van der Waals surface area contributed by atoms with Crippen LogP contribution in [0.2, 0.25) is 0 Å². The van der Waals surface area contributed by atoms with E-state index in [-0.39, 0.29) is 0 Å². The molecule has 0 radical (unpaired) electrons. The van der Waals surface area contributed by atoms with E-state index in [0.717, 1.165) is 28.8 Å². The lowest BCUT2D eigenvalue weighted by Gasteiger charge is -2.28. The Bertz CT molecular complexity index is 788. The second-order valence-corrected chi connectivity index (χ2v) is 7.71. The molecular weight excluding hydrogens is 318 g/mol. The molecule has 0 amide bonds. The summed E-state index contributed by atoms with van der Waals surface area (Å²) in [5.74, 6) is 1.34. The molecule has 0 aliphatic carbocycles. The van der Waals surface area contributed by atoms with Crippen molar-refractivity contribution in [2.24, 2.45) is 0 Å². The standard InChI is InChI=1S/C18H23N5S/c1-14(13-22-10-6-3-7-11-22)17-19-20-18-23(17)21-16(24-18)12-15-8-4-2-5-9-15/h2,4-5,8-9,14H,3,6-7,10-13H2,1H3. The Balaban J connectivity index is 1.51. The fourth-order valence-corrected chi connectivity index (χ4v) is 4.31. The van der Waals surface area contributed by atoms with Crippen molar-refractivity contribution in [3.05, 3.63) is 46.7 Å². The molecule has 5 nitrogen and oxygen atoms in total. The van der Waals surface area contributed by atoms with E-state index < -0.39 is 0 Å². The van der Waals surface area contributed by atoms with E-state index in [2.05, 4.69) is 46.3 Å². The van der Waals surface area contributed by atoms with E-state index >= 15 is 0 Å². The smallest absolute Gasteiger partial charge is 0.234 e. The first kappa shape index (κ1) is 15.7. The average molecular weight is 341 g/mol. The van der Waals surface area contributed by atoms with Crippen molar-refractivity contribution < 1.29 is 0 Å². The molecule has 0 N–H and O–H groups in total. The Morgan fingerprint density at radius 3 is 2.67 bits per heavy atom. The number of likely N-dealkylation sites (tertiary alicyclic amines) is 1. The highest BCUT2D eigenvalue weighted by molar-refractivity contribution is 7.16. The first-order valence-corrected chi connectivity index (χ1v) is 9.58. The summed E-state index contributed by atoms with van der Waals surface area (Å²) in [4.78, 5) is 3.45.